The zero-order valence-electron chi connectivity index (χ0n) is 9.70. The van der Waals surface area contributed by atoms with Crippen molar-refractivity contribution in [3.8, 4) is 0 Å². The number of rotatable bonds is 5. The first-order valence-corrected chi connectivity index (χ1v) is 5.15. The lowest BCUT2D eigenvalue weighted by Crippen LogP contribution is -2.28. The molecular weight excluding hydrogens is 191 g/mol. The summed E-state index contributed by atoms with van der Waals surface area (Å²) in [6.07, 6.45) is 0. The maximum absolute atomic E-state index is 12.9. The van der Waals surface area contributed by atoms with E-state index in [0.29, 0.717) is 0 Å². The third-order valence-electron chi connectivity index (χ3n) is 2.27. The summed E-state index contributed by atoms with van der Waals surface area (Å²) in [5.74, 6) is -0.159. The van der Waals surface area contributed by atoms with Gasteiger partial charge < -0.3 is 9.80 Å². The zero-order chi connectivity index (χ0) is 11.3. The van der Waals surface area contributed by atoms with Crippen LogP contribution in [0, 0.1) is 5.82 Å². The Morgan fingerprint density at radius 3 is 2.47 bits per heavy atom. The van der Waals surface area contributed by atoms with Crippen molar-refractivity contribution in [3.05, 3.63) is 35.6 Å². The lowest BCUT2D eigenvalue weighted by atomic mass is 10.2. The second-order valence-corrected chi connectivity index (χ2v) is 4.17. The molecule has 0 unspecified atom stereocenters. The Kier molecular flexibility index (Phi) is 4.72. The average Bonchev–Trinajstić information content (AvgIpc) is 2.15. The molecule has 0 atom stereocenters. The highest BCUT2D eigenvalue weighted by molar-refractivity contribution is 5.15. The fourth-order valence-electron chi connectivity index (χ4n) is 1.40. The van der Waals surface area contributed by atoms with Gasteiger partial charge in [-0.15, -0.1) is 0 Å². The Bertz CT molecular complexity index is 299. The molecule has 1 aromatic rings. The molecule has 0 heterocycles. The third-order valence-corrected chi connectivity index (χ3v) is 2.27. The summed E-state index contributed by atoms with van der Waals surface area (Å²) in [6.45, 7) is 2.81. The van der Waals surface area contributed by atoms with Gasteiger partial charge in [0, 0.05) is 19.6 Å². The van der Waals surface area contributed by atoms with Crippen LogP contribution in [-0.4, -0.2) is 44.0 Å². The molecular formula is C12H19FN2. The Hall–Kier alpha value is -0.930. The highest BCUT2D eigenvalue weighted by Crippen LogP contribution is 2.05. The summed E-state index contributed by atoms with van der Waals surface area (Å²) in [4.78, 5) is 4.33. The fourth-order valence-corrected chi connectivity index (χ4v) is 1.40. The molecule has 0 amide bonds. The molecule has 15 heavy (non-hydrogen) atoms. The molecule has 0 radical (unpaired) electrons. The van der Waals surface area contributed by atoms with Gasteiger partial charge in [-0.05, 0) is 38.8 Å². The summed E-state index contributed by atoms with van der Waals surface area (Å²) in [6, 6.07) is 6.77. The predicted octanol–water partition coefficient (Wildman–Crippen LogP) is 1.82. The summed E-state index contributed by atoms with van der Waals surface area (Å²) in [7, 11) is 6.15. The minimum absolute atomic E-state index is 0.159. The standard InChI is InChI=1S/C12H19FN2/c1-14(2)7-8-15(3)10-11-5-4-6-12(13)9-11/h4-6,9H,7-8,10H2,1-3H3. The topological polar surface area (TPSA) is 6.48 Å². The van der Waals surface area contributed by atoms with Crippen LogP contribution in [0.1, 0.15) is 5.56 Å². The second kappa shape index (κ2) is 5.83. The largest absolute Gasteiger partial charge is 0.308 e. The number of likely N-dealkylation sites (N-methyl/N-ethyl adjacent to an activating group) is 2. The lowest BCUT2D eigenvalue weighted by Gasteiger charge is -2.19. The second-order valence-electron chi connectivity index (χ2n) is 4.17. The van der Waals surface area contributed by atoms with Crippen LogP contribution in [0.4, 0.5) is 4.39 Å². The number of hydrogen-bond acceptors (Lipinski definition) is 2. The van der Waals surface area contributed by atoms with Gasteiger partial charge in [0.25, 0.3) is 0 Å². The monoisotopic (exact) mass is 210 g/mol. The minimum Gasteiger partial charge on any atom is -0.308 e. The van der Waals surface area contributed by atoms with Crippen LogP contribution in [0.15, 0.2) is 24.3 Å². The summed E-state index contributed by atoms with van der Waals surface area (Å²) < 4.78 is 12.9. The van der Waals surface area contributed by atoms with E-state index in [-0.39, 0.29) is 5.82 Å². The molecule has 0 saturated carbocycles. The molecule has 0 bridgehead atoms. The van der Waals surface area contributed by atoms with E-state index in [9.17, 15) is 4.39 Å². The van der Waals surface area contributed by atoms with Gasteiger partial charge in [0.2, 0.25) is 0 Å². The summed E-state index contributed by atoms with van der Waals surface area (Å²) >= 11 is 0. The summed E-state index contributed by atoms with van der Waals surface area (Å²) in [5, 5.41) is 0. The van der Waals surface area contributed by atoms with Crippen LogP contribution in [-0.2, 0) is 6.54 Å². The van der Waals surface area contributed by atoms with E-state index >= 15 is 0 Å². The quantitative estimate of drug-likeness (QED) is 0.731. The number of halogens is 1. The van der Waals surface area contributed by atoms with Crippen molar-refractivity contribution in [2.24, 2.45) is 0 Å². The van der Waals surface area contributed by atoms with Crippen LogP contribution in [0.5, 0.6) is 0 Å². The van der Waals surface area contributed by atoms with Gasteiger partial charge in [-0.1, -0.05) is 12.1 Å². The van der Waals surface area contributed by atoms with E-state index in [1.807, 2.05) is 6.07 Å². The van der Waals surface area contributed by atoms with Gasteiger partial charge in [-0.25, -0.2) is 4.39 Å². The molecule has 0 saturated heterocycles. The van der Waals surface area contributed by atoms with E-state index in [1.165, 1.54) is 6.07 Å². The van der Waals surface area contributed by atoms with Gasteiger partial charge in [-0.2, -0.15) is 0 Å². The van der Waals surface area contributed by atoms with Crippen LogP contribution in [0.3, 0.4) is 0 Å². The lowest BCUT2D eigenvalue weighted by molar-refractivity contribution is 0.276. The highest BCUT2D eigenvalue weighted by atomic mass is 19.1. The molecule has 1 rings (SSSR count). The molecule has 3 heteroatoms. The molecule has 1 aromatic carbocycles. The van der Waals surface area contributed by atoms with Gasteiger partial charge in [0.15, 0.2) is 0 Å². The van der Waals surface area contributed by atoms with Gasteiger partial charge in [-0.3, -0.25) is 0 Å². The van der Waals surface area contributed by atoms with Gasteiger partial charge >= 0.3 is 0 Å². The van der Waals surface area contributed by atoms with Gasteiger partial charge in [0.05, 0.1) is 0 Å². The third kappa shape index (κ3) is 4.91. The first-order chi connectivity index (χ1) is 7.08. The van der Waals surface area contributed by atoms with Crippen molar-refractivity contribution < 1.29 is 4.39 Å². The smallest absolute Gasteiger partial charge is 0.123 e. The predicted molar refractivity (Wildman–Crippen MR) is 61.3 cm³/mol. The van der Waals surface area contributed by atoms with Crippen molar-refractivity contribution >= 4 is 0 Å². The molecule has 0 aromatic heterocycles. The van der Waals surface area contributed by atoms with E-state index in [2.05, 4.69) is 30.9 Å². The molecule has 2 nitrogen and oxygen atoms in total. The molecule has 84 valence electrons. The molecule has 0 spiro atoms. The van der Waals surface area contributed by atoms with Gasteiger partial charge in [0.1, 0.15) is 5.82 Å². The Morgan fingerprint density at radius 2 is 1.87 bits per heavy atom. The van der Waals surface area contributed by atoms with Crippen molar-refractivity contribution in [2.75, 3.05) is 34.2 Å². The Balaban J connectivity index is 2.40. The number of nitrogens with zero attached hydrogens (tertiary/aromatic N) is 2. The van der Waals surface area contributed by atoms with E-state index < -0.39 is 0 Å². The molecule has 0 aliphatic heterocycles. The normalized spacial score (nSPS) is 11.3. The molecule has 0 aliphatic carbocycles. The van der Waals surface area contributed by atoms with Crippen molar-refractivity contribution in [1.29, 1.82) is 0 Å². The number of hydrogen-bond donors (Lipinski definition) is 0. The van der Waals surface area contributed by atoms with Crippen LogP contribution < -0.4 is 0 Å². The van der Waals surface area contributed by atoms with Crippen molar-refractivity contribution in [1.82, 2.24) is 9.80 Å². The van der Waals surface area contributed by atoms with E-state index in [0.717, 1.165) is 25.2 Å². The highest BCUT2D eigenvalue weighted by Gasteiger charge is 2.01. The zero-order valence-corrected chi connectivity index (χ0v) is 9.70. The number of benzene rings is 1. The minimum atomic E-state index is -0.159. The first-order valence-electron chi connectivity index (χ1n) is 5.15. The Labute approximate surface area is 91.3 Å². The van der Waals surface area contributed by atoms with Crippen molar-refractivity contribution in [3.63, 3.8) is 0 Å². The maximum atomic E-state index is 12.9. The molecule has 0 aliphatic rings. The van der Waals surface area contributed by atoms with E-state index in [1.54, 1.807) is 12.1 Å². The Morgan fingerprint density at radius 1 is 1.13 bits per heavy atom. The average molecular weight is 210 g/mol. The first kappa shape index (κ1) is 12.1. The molecule has 0 N–H and O–H groups in total. The van der Waals surface area contributed by atoms with Crippen LogP contribution in [0.2, 0.25) is 0 Å². The van der Waals surface area contributed by atoms with Crippen LogP contribution >= 0.6 is 0 Å². The SMILES string of the molecule is CN(C)CCN(C)Cc1cccc(F)c1. The fraction of sp³-hybridized carbons (Fsp3) is 0.500. The summed E-state index contributed by atoms with van der Waals surface area (Å²) in [5.41, 5.74) is 1.02. The maximum Gasteiger partial charge on any atom is 0.123 e. The van der Waals surface area contributed by atoms with Crippen LogP contribution in [0.25, 0.3) is 0 Å². The molecule has 0 fully saturated rings. The van der Waals surface area contributed by atoms with Crippen molar-refractivity contribution in [2.45, 2.75) is 6.54 Å². The van der Waals surface area contributed by atoms with E-state index in [4.69, 9.17) is 0 Å².